The van der Waals surface area contributed by atoms with Crippen molar-refractivity contribution in [3.05, 3.63) is 23.3 Å². The van der Waals surface area contributed by atoms with E-state index in [0.717, 1.165) is 0 Å². The number of ether oxygens (including phenoxy) is 1. The largest absolute Gasteiger partial charge is 0.505 e. The maximum atomic E-state index is 13.0. The van der Waals surface area contributed by atoms with E-state index in [9.17, 15) is 23.1 Å². The maximum absolute atomic E-state index is 13.0. The molecule has 0 unspecified atom stereocenters. The zero-order chi connectivity index (χ0) is 12.3. The summed E-state index contributed by atoms with van der Waals surface area (Å²) in [5.74, 6) is -3.41. The van der Waals surface area contributed by atoms with Crippen LogP contribution in [0.25, 0.3) is 0 Å². The average Bonchev–Trinajstić information content (AvgIpc) is 2.20. The van der Waals surface area contributed by atoms with E-state index in [-0.39, 0.29) is 6.61 Å². The lowest BCUT2D eigenvalue weighted by molar-refractivity contribution is 0.0513. The van der Waals surface area contributed by atoms with Crippen molar-refractivity contribution in [2.24, 2.45) is 0 Å². The van der Waals surface area contributed by atoms with Crippen molar-refractivity contribution < 1.29 is 27.8 Å². The Morgan fingerprint density at radius 1 is 1.62 bits per heavy atom. The molecule has 1 aromatic rings. The molecule has 1 aromatic heterocycles. The molecule has 4 nitrogen and oxygen atoms in total. The van der Waals surface area contributed by atoms with E-state index in [1.54, 1.807) is 0 Å². The van der Waals surface area contributed by atoms with Crippen molar-refractivity contribution in [2.75, 3.05) is 6.61 Å². The Kier molecular flexibility index (Phi) is 3.70. The lowest BCUT2D eigenvalue weighted by Crippen LogP contribution is -2.10. The number of pyridine rings is 1. The summed E-state index contributed by atoms with van der Waals surface area (Å²) in [5.41, 5.74) is -1.78. The zero-order valence-corrected chi connectivity index (χ0v) is 8.21. The van der Waals surface area contributed by atoms with Gasteiger partial charge >= 0.3 is 5.97 Å². The summed E-state index contributed by atoms with van der Waals surface area (Å²) in [5, 5.41) is 9.20. The van der Waals surface area contributed by atoms with Crippen LogP contribution in [0.3, 0.4) is 0 Å². The van der Waals surface area contributed by atoms with Crippen molar-refractivity contribution in [1.29, 1.82) is 0 Å². The highest BCUT2D eigenvalue weighted by Gasteiger charge is 2.22. The molecule has 1 rings (SSSR count). The molecular weight excluding hydrogens is 227 g/mol. The van der Waals surface area contributed by atoms with Gasteiger partial charge in [0.05, 0.1) is 12.2 Å². The number of carbonyl (C=O) groups is 1. The number of esters is 1. The number of nitrogens with zero attached hydrogens (tertiary/aromatic N) is 1. The molecule has 0 spiro atoms. The van der Waals surface area contributed by atoms with E-state index in [0.29, 0.717) is 6.07 Å². The number of hydrogen-bond donors (Lipinski definition) is 1. The van der Waals surface area contributed by atoms with Gasteiger partial charge in [0.1, 0.15) is 5.75 Å². The summed E-state index contributed by atoms with van der Waals surface area (Å²) in [4.78, 5) is 14.0. The lowest BCUT2D eigenvalue weighted by Gasteiger charge is -2.06. The van der Waals surface area contributed by atoms with Crippen LogP contribution < -0.4 is 0 Å². The zero-order valence-electron chi connectivity index (χ0n) is 8.21. The normalized spacial score (nSPS) is 10.6. The highest BCUT2D eigenvalue weighted by molar-refractivity contribution is 5.90. The number of alkyl halides is 2. The fourth-order valence-corrected chi connectivity index (χ4v) is 0.998. The molecule has 1 heterocycles. The van der Waals surface area contributed by atoms with E-state index in [4.69, 9.17) is 0 Å². The van der Waals surface area contributed by atoms with Gasteiger partial charge in [-0.2, -0.15) is 4.39 Å². The molecule has 0 aliphatic rings. The van der Waals surface area contributed by atoms with Gasteiger partial charge < -0.3 is 9.84 Å². The van der Waals surface area contributed by atoms with Crippen LogP contribution in [0.1, 0.15) is 29.4 Å². The third kappa shape index (κ3) is 2.41. The van der Waals surface area contributed by atoms with E-state index >= 15 is 0 Å². The smallest absolute Gasteiger partial charge is 0.360 e. The Morgan fingerprint density at radius 3 is 2.75 bits per heavy atom. The third-order valence-electron chi connectivity index (χ3n) is 1.69. The molecule has 0 aliphatic carbocycles. The van der Waals surface area contributed by atoms with E-state index in [2.05, 4.69) is 9.72 Å². The number of aromatic hydroxyl groups is 1. The summed E-state index contributed by atoms with van der Waals surface area (Å²) in [7, 11) is 0. The second-order valence-electron chi connectivity index (χ2n) is 2.76. The Balaban J connectivity index is 3.15. The Labute approximate surface area is 88.7 Å². The topological polar surface area (TPSA) is 59.4 Å². The molecule has 88 valence electrons. The fraction of sp³-hybridized carbons (Fsp3) is 0.333. The first-order valence-electron chi connectivity index (χ1n) is 4.32. The van der Waals surface area contributed by atoms with Gasteiger partial charge in [-0.1, -0.05) is 0 Å². The summed E-state index contributed by atoms with van der Waals surface area (Å²) < 4.78 is 41.8. The highest BCUT2D eigenvalue weighted by Crippen LogP contribution is 2.26. The third-order valence-corrected chi connectivity index (χ3v) is 1.69. The van der Waals surface area contributed by atoms with Gasteiger partial charge in [-0.25, -0.2) is 18.6 Å². The molecule has 7 heteroatoms. The number of hydrogen-bond acceptors (Lipinski definition) is 4. The SMILES string of the molecule is CCOC(=O)c1nc(F)c(C(F)F)cc1O. The van der Waals surface area contributed by atoms with Crippen molar-refractivity contribution in [3.63, 3.8) is 0 Å². The Bertz CT molecular complexity index is 409. The van der Waals surface area contributed by atoms with Gasteiger partial charge in [-0.15, -0.1) is 0 Å². The molecule has 0 atom stereocenters. The Hall–Kier alpha value is -1.79. The Morgan fingerprint density at radius 2 is 2.25 bits per heavy atom. The van der Waals surface area contributed by atoms with Crippen LogP contribution in [-0.4, -0.2) is 22.7 Å². The predicted molar refractivity (Wildman–Crippen MR) is 46.8 cm³/mol. The van der Waals surface area contributed by atoms with Crippen LogP contribution >= 0.6 is 0 Å². The van der Waals surface area contributed by atoms with E-state index in [1.165, 1.54) is 6.92 Å². The second-order valence-corrected chi connectivity index (χ2v) is 2.76. The van der Waals surface area contributed by atoms with E-state index < -0.39 is 35.3 Å². The molecule has 0 bridgehead atoms. The molecule has 0 amide bonds. The lowest BCUT2D eigenvalue weighted by atomic mass is 10.2. The fourth-order valence-electron chi connectivity index (χ4n) is 0.998. The molecule has 0 aliphatic heterocycles. The number of rotatable bonds is 3. The quantitative estimate of drug-likeness (QED) is 0.643. The van der Waals surface area contributed by atoms with Gasteiger partial charge in [0.15, 0.2) is 5.69 Å². The van der Waals surface area contributed by atoms with Crippen LogP contribution in [0.4, 0.5) is 13.2 Å². The van der Waals surface area contributed by atoms with Crippen LogP contribution in [-0.2, 0) is 4.74 Å². The van der Waals surface area contributed by atoms with E-state index in [1.807, 2.05) is 0 Å². The summed E-state index contributed by atoms with van der Waals surface area (Å²) in [6.45, 7) is 1.50. The number of halogens is 3. The van der Waals surface area contributed by atoms with Gasteiger partial charge in [0, 0.05) is 0 Å². The first-order chi connectivity index (χ1) is 7.47. The molecule has 0 aromatic carbocycles. The average molecular weight is 235 g/mol. The molecule has 16 heavy (non-hydrogen) atoms. The number of carbonyl (C=O) groups excluding carboxylic acids is 1. The molecule has 0 saturated heterocycles. The summed E-state index contributed by atoms with van der Waals surface area (Å²) >= 11 is 0. The molecule has 0 fully saturated rings. The van der Waals surface area contributed by atoms with Crippen LogP contribution in [0.2, 0.25) is 0 Å². The molecule has 0 saturated carbocycles. The minimum absolute atomic E-state index is 0.00181. The van der Waals surface area contributed by atoms with Crippen molar-refractivity contribution in [2.45, 2.75) is 13.3 Å². The summed E-state index contributed by atoms with van der Waals surface area (Å²) in [6.07, 6.45) is -3.12. The second kappa shape index (κ2) is 4.82. The molecule has 0 radical (unpaired) electrons. The van der Waals surface area contributed by atoms with Crippen molar-refractivity contribution >= 4 is 5.97 Å². The van der Waals surface area contributed by atoms with Crippen LogP contribution in [0.15, 0.2) is 6.07 Å². The van der Waals surface area contributed by atoms with Crippen molar-refractivity contribution in [1.82, 2.24) is 4.98 Å². The van der Waals surface area contributed by atoms with Gasteiger partial charge in [-0.05, 0) is 13.0 Å². The van der Waals surface area contributed by atoms with Gasteiger partial charge in [0.2, 0.25) is 5.95 Å². The molecular formula is C9H8F3NO3. The first-order valence-corrected chi connectivity index (χ1v) is 4.32. The predicted octanol–water partition coefficient (Wildman–Crippen LogP) is 2.04. The van der Waals surface area contributed by atoms with Crippen LogP contribution in [0, 0.1) is 5.95 Å². The standard InChI is InChI=1S/C9H8F3NO3/c1-2-16-9(15)6-5(14)3-4(7(10)11)8(12)13-6/h3,7,14H,2H2,1H3. The number of aromatic nitrogens is 1. The van der Waals surface area contributed by atoms with Crippen LogP contribution in [0.5, 0.6) is 5.75 Å². The monoisotopic (exact) mass is 235 g/mol. The van der Waals surface area contributed by atoms with Crippen molar-refractivity contribution in [3.8, 4) is 5.75 Å². The molecule has 1 N–H and O–H groups in total. The first kappa shape index (κ1) is 12.3. The van der Waals surface area contributed by atoms with Gasteiger partial charge in [0.25, 0.3) is 6.43 Å². The minimum Gasteiger partial charge on any atom is -0.505 e. The maximum Gasteiger partial charge on any atom is 0.360 e. The summed E-state index contributed by atoms with van der Waals surface area (Å²) in [6, 6.07) is 0.458. The minimum atomic E-state index is -3.12. The highest BCUT2D eigenvalue weighted by atomic mass is 19.3. The van der Waals surface area contributed by atoms with Gasteiger partial charge in [-0.3, -0.25) is 0 Å².